The molecule has 0 saturated carbocycles. The van der Waals surface area contributed by atoms with Gasteiger partial charge in [-0.15, -0.1) is 0 Å². The van der Waals surface area contributed by atoms with Crippen LogP contribution in [0.25, 0.3) is 16.7 Å². The summed E-state index contributed by atoms with van der Waals surface area (Å²) in [6, 6.07) is 6.32. The molecule has 0 N–H and O–H groups in total. The fourth-order valence-corrected chi connectivity index (χ4v) is 5.01. The van der Waals surface area contributed by atoms with E-state index in [2.05, 4.69) is 34.1 Å². The molecule has 8 heteroatoms. The highest BCUT2D eigenvalue weighted by atomic mass is 16.5. The molecule has 3 aromatic rings. The maximum absolute atomic E-state index is 13.3. The number of hydrogen-bond acceptors (Lipinski definition) is 7. The van der Waals surface area contributed by atoms with Crippen LogP contribution < -0.4 is 10.4 Å². The third-order valence-electron chi connectivity index (χ3n) is 6.68. The van der Waals surface area contributed by atoms with E-state index in [-0.39, 0.29) is 12.2 Å². The second-order valence-electron chi connectivity index (χ2n) is 8.96. The lowest BCUT2D eigenvalue weighted by Gasteiger charge is -2.31. The fourth-order valence-electron chi connectivity index (χ4n) is 5.01. The van der Waals surface area contributed by atoms with Crippen molar-refractivity contribution in [3.63, 3.8) is 0 Å². The SMILES string of the molecule is CCCN(c1ncc2c(=O)c(C(=O)OCC)cn(-c3ccc4c(c3)CCC4)c2n1)N1CCCC1. The van der Waals surface area contributed by atoms with Crippen molar-refractivity contribution < 1.29 is 9.53 Å². The molecule has 0 amide bonds. The molecule has 0 unspecified atom stereocenters. The van der Waals surface area contributed by atoms with Gasteiger partial charge >= 0.3 is 5.97 Å². The molecule has 1 aliphatic carbocycles. The van der Waals surface area contributed by atoms with Gasteiger partial charge in [0.05, 0.1) is 12.0 Å². The quantitative estimate of drug-likeness (QED) is 0.497. The fraction of sp³-hybridized carbons (Fsp3) is 0.462. The first-order valence-electron chi connectivity index (χ1n) is 12.3. The molecule has 0 atom stereocenters. The monoisotopic (exact) mass is 461 g/mol. The minimum absolute atomic E-state index is 0.00356. The average molecular weight is 462 g/mol. The summed E-state index contributed by atoms with van der Waals surface area (Å²) < 4.78 is 7.02. The van der Waals surface area contributed by atoms with Gasteiger partial charge in [0.25, 0.3) is 0 Å². The normalized spacial score (nSPS) is 15.6. The Morgan fingerprint density at radius 2 is 1.91 bits per heavy atom. The Balaban J connectivity index is 1.70. The molecule has 8 nitrogen and oxygen atoms in total. The topological polar surface area (TPSA) is 80.6 Å². The van der Waals surface area contributed by atoms with Gasteiger partial charge in [0.15, 0.2) is 5.65 Å². The standard InChI is InChI=1S/C26H31N5O3/c1-3-12-31(29-13-5-6-14-29)26-27-16-21-23(32)22(25(33)34-4-2)17-30(24(21)28-26)20-11-10-18-8-7-9-19(18)15-20/h10-11,15-17H,3-9,12-14H2,1-2H3. The summed E-state index contributed by atoms with van der Waals surface area (Å²) in [5.74, 6) is -0.0486. The molecule has 0 spiro atoms. The first kappa shape index (κ1) is 22.5. The number of hydrogen-bond donors (Lipinski definition) is 0. The number of benzene rings is 1. The highest BCUT2D eigenvalue weighted by molar-refractivity contribution is 5.93. The van der Waals surface area contributed by atoms with Crippen molar-refractivity contribution in [1.82, 2.24) is 19.5 Å². The minimum atomic E-state index is -0.627. The number of aromatic nitrogens is 3. The van der Waals surface area contributed by atoms with Gasteiger partial charge in [0, 0.05) is 37.7 Å². The third kappa shape index (κ3) is 4.07. The van der Waals surface area contributed by atoms with Gasteiger partial charge in [-0.25, -0.2) is 14.8 Å². The van der Waals surface area contributed by atoms with E-state index in [1.165, 1.54) is 11.1 Å². The Hall–Kier alpha value is -3.26. The van der Waals surface area contributed by atoms with E-state index in [0.29, 0.717) is 17.0 Å². The largest absolute Gasteiger partial charge is 0.462 e. The van der Waals surface area contributed by atoms with Crippen molar-refractivity contribution in [3.05, 3.63) is 57.5 Å². The van der Waals surface area contributed by atoms with Crippen LogP contribution in [0, 0.1) is 0 Å². The van der Waals surface area contributed by atoms with Crippen LogP contribution in [0.3, 0.4) is 0 Å². The van der Waals surface area contributed by atoms with Crippen LogP contribution in [0.15, 0.2) is 35.4 Å². The summed E-state index contributed by atoms with van der Waals surface area (Å²) in [4.78, 5) is 35.4. The number of carbonyl (C=O) groups excluding carboxylic acids is 1. The van der Waals surface area contributed by atoms with Gasteiger partial charge in [0.2, 0.25) is 11.4 Å². The summed E-state index contributed by atoms with van der Waals surface area (Å²) in [6.07, 6.45) is 9.66. The number of rotatable bonds is 7. The molecule has 1 aliphatic heterocycles. The molecule has 5 rings (SSSR count). The summed E-state index contributed by atoms with van der Waals surface area (Å²) in [5, 5.41) is 4.73. The molecule has 1 fully saturated rings. The number of anilines is 1. The third-order valence-corrected chi connectivity index (χ3v) is 6.68. The number of hydrazine groups is 1. The van der Waals surface area contributed by atoms with Crippen molar-refractivity contribution in [2.75, 3.05) is 31.3 Å². The second kappa shape index (κ2) is 9.54. The van der Waals surface area contributed by atoms with Crippen molar-refractivity contribution >= 4 is 23.0 Å². The predicted molar refractivity (Wildman–Crippen MR) is 132 cm³/mol. The molecule has 1 saturated heterocycles. The Morgan fingerprint density at radius 3 is 2.68 bits per heavy atom. The molecule has 178 valence electrons. The Labute approximate surface area is 199 Å². The van der Waals surface area contributed by atoms with Gasteiger partial charge in [-0.3, -0.25) is 9.80 Å². The van der Waals surface area contributed by atoms with Crippen LogP contribution in [0.5, 0.6) is 0 Å². The van der Waals surface area contributed by atoms with Gasteiger partial charge in [-0.1, -0.05) is 13.0 Å². The number of fused-ring (bicyclic) bond motifs is 2. The van der Waals surface area contributed by atoms with E-state index < -0.39 is 11.4 Å². The highest BCUT2D eigenvalue weighted by Crippen LogP contribution is 2.27. The van der Waals surface area contributed by atoms with E-state index in [1.807, 2.05) is 10.6 Å². The minimum Gasteiger partial charge on any atom is -0.462 e. The number of ether oxygens (including phenoxy) is 1. The van der Waals surface area contributed by atoms with E-state index in [9.17, 15) is 9.59 Å². The van der Waals surface area contributed by atoms with E-state index >= 15 is 0 Å². The lowest BCUT2D eigenvalue weighted by Crippen LogP contribution is -2.42. The molecule has 34 heavy (non-hydrogen) atoms. The zero-order valence-electron chi connectivity index (χ0n) is 19.9. The van der Waals surface area contributed by atoms with Crippen molar-refractivity contribution in [3.8, 4) is 5.69 Å². The second-order valence-corrected chi connectivity index (χ2v) is 8.96. The first-order valence-corrected chi connectivity index (χ1v) is 12.3. The number of carbonyl (C=O) groups is 1. The summed E-state index contributed by atoms with van der Waals surface area (Å²) in [5.41, 5.74) is 3.64. The molecular formula is C26H31N5O3. The van der Waals surface area contributed by atoms with Crippen molar-refractivity contribution in [2.24, 2.45) is 0 Å². The van der Waals surface area contributed by atoms with Crippen molar-refractivity contribution in [1.29, 1.82) is 0 Å². The molecular weight excluding hydrogens is 430 g/mol. The molecule has 3 heterocycles. The van der Waals surface area contributed by atoms with Crippen LogP contribution in [-0.4, -0.2) is 51.8 Å². The van der Waals surface area contributed by atoms with Crippen LogP contribution in [-0.2, 0) is 17.6 Å². The molecule has 2 aromatic heterocycles. The Kier molecular flexibility index (Phi) is 6.32. The summed E-state index contributed by atoms with van der Waals surface area (Å²) in [6.45, 7) is 6.81. The van der Waals surface area contributed by atoms with Gasteiger partial charge < -0.3 is 9.30 Å². The highest BCUT2D eigenvalue weighted by Gasteiger charge is 2.24. The number of esters is 1. The molecule has 1 aromatic carbocycles. The average Bonchev–Trinajstić information content (AvgIpc) is 3.54. The molecule has 2 aliphatic rings. The van der Waals surface area contributed by atoms with Gasteiger partial charge in [0.1, 0.15) is 5.56 Å². The smallest absolute Gasteiger partial charge is 0.343 e. The van der Waals surface area contributed by atoms with Gasteiger partial charge in [-0.2, -0.15) is 4.98 Å². The zero-order chi connectivity index (χ0) is 23.7. The summed E-state index contributed by atoms with van der Waals surface area (Å²) >= 11 is 0. The van der Waals surface area contributed by atoms with E-state index in [0.717, 1.165) is 63.8 Å². The van der Waals surface area contributed by atoms with E-state index in [4.69, 9.17) is 9.72 Å². The van der Waals surface area contributed by atoms with Crippen LogP contribution in [0.2, 0.25) is 0 Å². The Bertz CT molecular complexity index is 1280. The Morgan fingerprint density at radius 1 is 1.12 bits per heavy atom. The first-order chi connectivity index (χ1) is 16.6. The maximum Gasteiger partial charge on any atom is 0.343 e. The van der Waals surface area contributed by atoms with Gasteiger partial charge in [-0.05, 0) is 68.7 Å². The van der Waals surface area contributed by atoms with E-state index in [1.54, 1.807) is 19.3 Å². The lowest BCUT2D eigenvalue weighted by molar-refractivity contribution is 0.0524. The number of aryl methyl sites for hydroxylation is 2. The van der Waals surface area contributed by atoms with Crippen LogP contribution >= 0.6 is 0 Å². The molecule has 0 bridgehead atoms. The number of pyridine rings is 1. The predicted octanol–water partition coefficient (Wildman–Crippen LogP) is 3.67. The van der Waals surface area contributed by atoms with Crippen molar-refractivity contribution in [2.45, 2.75) is 52.4 Å². The zero-order valence-corrected chi connectivity index (χ0v) is 19.9. The lowest BCUT2D eigenvalue weighted by atomic mass is 10.1. The maximum atomic E-state index is 13.3. The van der Waals surface area contributed by atoms with Crippen LogP contribution in [0.1, 0.15) is 61.0 Å². The number of nitrogens with zero attached hydrogens (tertiary/aromatic N) is 5. The molecule has 0 radical (unpaired) electrons. The summed E-state index contributed by atoms with van der Waals surface area (Å²) in [7, 11) is 0. The van der Waals surface area contributed by atoms with Crippen LogP contribution in [0.4, 0.5) is 5.95 Å².